The zero-order valence-corrected chi connectivity index (χ0v) is 8.91. The number of ether oxygens (including phenoxy) is 1. The maximum atomic E-state index is 11.3. The maximum absolute atomic E-state index is 11.3. The highest BCUT2D eigenvalue weighted by molar-refractivity contribution is 7.16. The van der Waals surface area contributed by atoms with E-state index in [0.29, 0.717) is 9.21 Å². The van der Waals surface area contributed by atoms with Crippen LogP contribution in [0.3, 0.4) is 0 Å². The number of halogens is 1. The summed E-state index contributed by atoms with van der Waals surface area (Å²) < 4.78 is 5.19. The topological polar surface area (TPSA) is 52.3 Å². The van der Waals surface area contributed by atoms with E-state index in [-0.39, 0.29) is 0 Å². The lowest BCUT2D eigenvalue weighted by molar-refractivity contribution is -0.146. The van der Waals surface area contributed by atoms with Crippen LogP contribution in [0.4, 0.5) is 0 Å². The Hall–Kier alpha value is -0.580. The molecule has 1 aromatic rings. The second kappa shape index (κ2) is 3.65. The molecule has 2 N–H and O–H groups in total. The van der Waals surface area contributed by atoms with Crippen molar-refractivity contribution >= 4 is 28.9 Å². The number of carbonyl (C=O) groups is 1. The number of hydrogen-bond donors (Lipinski definition) is 1. The van der Waals surface area contributed by atoms with E-state index in [1.54, 1.807) is 19.1 Å². The molecule has 13 heavy (non-hydrogen) atoms. The smallest absolute Gasteiger partial charge is 0.331 e. The minimum absolute atomic E-state index is 0.467. The van der Waals surface area contributed by atoms with E-state index in [0.717, 1.165) is 0 Å². The molecule has 0 aliphatic carbocycles. The van der Waals surface area contributed by atoms with Crippen molar-refractivity contribution < 1.29 is 9.53 Å². The van der Waals surface area contributed by atoms with Crippen LogP contribution in [0.5, 0.6) is 0 Å². The molecule has 72 valence electrons. The van der Waals surface area contributed by atoms with Gasteiger partial charge in [0.2, 0.25) is 0 Å². The molecule has 1 atom stereocenters. The fourth-order valence-corrected chi connectivity index (χ4v) is 2.00. The van der Waals surface area contributed by atoms with Gasteiger partial charge >= 0.3 is 5.97 Å². The predicted octanol–water partition coefficient (Wildman–Crippen LogP) is 1.75. The second-order valence-electron chi connectivity index (χ2n) is 2.80. The SMILES string of the molecule is COC(=O)C(C)(N)c1ccc(Cl)s1. The number of esters is 1. The van der Waals surface area contributed by atoms with E-state index < -0.39 is 11.5 Å². The molecule has 0 aliphatic rings. The van der Waals surface area contributed by atoms with E-state index in [1.807, 2.05) is 0 Å². The summed E-state index contributed by atoms with van der Waals surface area (Å²) in [5.41, 5.74) is 4.68. The van der Waals surface area contributed by atoms with Gasteiger partial charge in [0.15, 0.2) is 0 Å². The van der Waals surface area contributed by atoms with Crippen molar-refractivity contribution in [2.75, 3.05) is 7.11 Å². The van der Waals surface area contributed by atoms with Gasteiger partial charge in [-0.05, 0) is 19.1 Å². The number of thiophene rings is 1. The van der Waals surface area contributed by atoms with Crippen LogP contribution in [0.2, 0.25) is 4.34 Å². The van der Waals surface area contributed by atoms with Crippen LogP contribution in [0.1, 0.15) is 11.8 Å². The molecule has 3 nitrogen and oxygen atoms in total. The Morgan fingerprint density at radius 1 is 1.69 bits per heavy atom. The van der Waals surface area contributed by atoms with Gasteiger partial charge in [0.1, 0.15) is 5.54 Å². The Balaban J connectivity index is 2.99. The molecule has 1 unspecified atom stereocenters. The summed E-state index contributed by atoms with van der Waals surface area (Å²) in [7, 11) is 1.31. The van der Waals surface area contributed by atoms with Gasteiger partial charge < -0.3 is 10.5 Å². The summed E-state index contributed by atoms with van der Waals surface area (Å²) in [5.74, 6) is -0.467. The van der Waals surface area contributed by atoms with Gasteiger partial charge in [-0.1, -0.05) is 11.6 Å². The van der Waals surface area contributed by atoms with Crippen LogP contribution in [0.25, 0.3) is 0 Å². The van der Waals surface area contributed by atoms with Crippen LogP contribution < -0.4 is 5.73 Å². The van der Waals surface area contributed by atoms with Gasteiger partial charge in [-0.25, -0.2) is 4.79 Å². The number of methoxy groups -OCH3 is 1. The lowest BCUT2D eigenvalue weighted by atomic mass is 10.0. The van der Waals surface area contributed by atoms with Crippen molar-refractivity contribution in [1.29, 1.82) is 0 Å². The van der Waals surface area contributed by atoms with Crippen molar-refractivity contribution in [3.8, 4) is 0 Å². The van der Waals surface area contributed by atoms with Gasteiger partial charge in [-0.3, -0.25) is 0 Å². The molecule has 0 amide bonds. The average Bonchev–Trinajstić information content (AvgIpc) is 2.50. The summed E-state index contributed by atoms with van der Waals surface area (Å²) in [6.07, 6.45) is 0. The maximum Gasteiger partial charge on any atom is 0.331 e. The number of carbonyl (C=O) groups excluding carboxylic acids is 1. The first-order valence-corrected chi connectivity index (χ1v) is 4.81. The molecule has 1 rings (SSSR count). The monoisotopic (exact) mass is 219 g/mol. The summed E-state index contributed by atoms with van der Waals surface area (Å²) in [4.78, 5) is 12.0. The van der Waals surface area contributed by atoms with Crippen molar-refractivity contribution in [3.05, 3.63) is 21.3 Å². The van der Waals surface area contributed by atoms with E-state index >= 15 is 0 Å². The highest BCUT2D eigenvalue weighted by Crippen LogP contribution is 2.29. The van der Waals surface area contributed by atoms with E-state index in [2.05, 4.69) is 4.74 Å². The number of rotatable bonds is 2. The van der Waals surface area contributed by atoms with Gasteiger partial charge in [-0.15, -0.1) is 11.3 Å². The van der Waals surface area contributed by atoms with Gasteiger partial charge in [0.05, 0.1) is 11.4 Å². The Labute approximate surface area is 85.4 Å². The molecule has 0 bridgehead atoms. The molecule has 0 fully saturated rings. The molecule has 0 saturated heterocycles. The third kappa shape index (κ3) is 2.02. The van der Waals surface area contributed by atoms with Crippen molar-refractivity contribution in [3.63, 3.8) is 0 Å². The van der Waals surface area contributed by atoms with Crippen LogP contribution >= 0.6 is 22.9 Å². The Morgan fingerprint density at radius 3 is 2.69 bits per heavy atom. The number of nitrogens with two attached hydrogens (primary N) is 1. The van der Waals surface area contributed by atoms with Crippen LogP contribution in [0.15, 0.2) is 12.1 Å². The molecule has 0 aromatic carbocycles. The molecule has 0 spiro atoms. The first-order valence-electron chi connectivity index (χ1n) is 3.61. The van der Waals surface area contributed by atoms with Gasteiger partial charge in [0, 0.05) is 4.88 Å². The standard InChI is InChI=1S/C8H10ClNO2S/c1-8(10,7(11)12-2)5-3-4-6(9)13-5/h3-4H,10H2,1-2H3. The zero-order chi connectivity index (χ0) is 10.1. The van der Waals surface area contributed by atoms with Crippen molar-refractivity contribution in [1.82, 2.24) is 0 Å². The lowest BCUT2D eigenvalue weighted by Crippen LogP contribution is -2.41. The minimum atomic E-state index is -1.10. The zero-order valence-electron chi connectivity index (χ0n) is 7.33. The van der Waals surface area contributed by atoms with Crippen LogP contribution in [-0.2, 0) is 15.1 Å². The third-order valence-corrected chi connectivity index (χ3v) is 3.16. The molecular formula is C8H10ClNO2S. The first kappa shape index (κ1) is 10.5. The minimum Gasteiger partial charge on any atom is -0.467 e. The Bertz CT molecular complexity index is 322. The highest BCUT2D eigenvalue weighted by Gasteiger charge is 2.33. The molecule has 0 aliphatic heterocycles. The quantitative estimate of drug-likeness (QED) is 0.771. The Kier molecular flexibility index (Phi) is 2.95. The van der Waals surface area contributed by atoms with Gasteiger partial charge in [-0.2, -0.15) is 0 Å². The summed E-state index contributed by atoms with van der Waals surface area (Å²) in [6.45, 7) is 1.60. The average molecular weight is 220 g/mol. The molecule has 0 radical (unpaired) electrons. The van der Waals surface area contributed by atoms with E-state index in [9.17, 15) is 4.79 Å². The molecular weight excluding hydrogens is 210 g/mol. The molecule has 5 heteroatoms. The van der Waals surface area contributed by atoms with E-state index in [4.69, 9.17) is 17.3 Å². The summed E-state index contributed by atoms with van der Waals surface area (Å²) in [5, 5.41) is 0. The molecule has 0 saturated carbocycles. The Morgan fingerprint density at radius 2 is 2.31 bits per heavy atom. The van der Waals surface area contributed by atoms with Crippen molar-refractivity contribution in [2.24, 2.45) is 5.73 Å². The second-order valence-corrected chi connectivity index (χ2v) is 4.51. The summed E-state index contributed by atoms with van der Waals surface area (Å²) >= 11 is 7.00. The predicted molar refractivity (Wildman–Crippen MR) is 52.9 cm³/mol. The molecule has 1 aromatic heterocycles. The third-order valence-electron chi connectivity index (χ3n) is 1.69. The fourth-order valence-electron chi connectivity index (χ4n) is 0.906. The lowest BCUT2D eigenvalue weighted by Gasteiger charge is -2.19. The largest absolute Gasteiger partial charge is 0.467 e. The van der Waals surface area contributed by atoms with Gasteiger partial charge in [0.25, 0.3) is 0 Å². The van der Waals surface area contributed by atoms with Crippen LogP contribution in [-0.4, -0.2) is 13.1 Å². The van der Waals surface area contributed by atoms with Crippen LogP contribution in [0, 0.1) is 0 Å². The highest BCUT2D eigenvalue weighted by atomic mass is 35.5. The van der Waals surface area contributed by atoms with Crippen molar-refractivity contribution in [2.45, 2.75) is 12.5 Å². The first-order chi connectivity index (χ1) is 5.98. The summed E-state index contributed by atoms with van der Waals surface area (Å²) in [6, 6.07) is 3.43. The normalized spacial score (nSPS) is 15.1. The molecule has 1 heterocycles. The number of hydrogen-bond acceptors (Lipinski definition) is 4. The fraction of sp³-hybridized carbons (Fsp3) is 0.375. The van der Waals surface area contributed by atoms with E-state index in [1.165, 1.54) is 18.4 Å².